The molecule has 0 aliphatic heterocycles. The zero-order valence-electron chi connectivity index (χ0n) is 9.95. The molecule has 0 amide bonds. The molecule has 0 radical (unpaired) electrons. The summed E-state index contributed by atoms with van der Waals surface area (Å²) < 4.78 is 0. The second kappa shape index (κ2) is 6.79. The van der Waals surface area contributed by atoms with E-state index in [2.05, 4.69) is 0 Å². The number of thioether (sulfide) groups is 2. The first kappa shape index (κ1) is 15.0. The third-order valence-corrected chi connectivity index (χ3v) is 4.25. The molecule has 1 saturated carbocycles. The van der Waals surface area contributed by atoms with Crippen molar-refractivity contribution < 1.29 is 0 Å². The van der Waals surface area contributed by atoms with Gasteiger partial charge in [0.05, 0.1) is 10.1 Å². The van der Waals surface area contributed by atoms with Crippen molar-refractivity contribution in [3.8, 4) is 0 Å². The van der Waals surface area contributed by atoms with Gasteiger partial charge in [-0.05, 0) is 55.1 Å². The third-order valence-electron chi connectivity index (χ3n) is 2.84. The lowest BCUT2D eigenvalue weighted by Crippen LogP contribution is -2.14. The molecule has 0 saturated heterocycles. The lowest BCUT2D eigenvalue weighted by molar-refractivity contribution is 0.563. The van der Waals surface area contributed by atoms with Gasteiger partial charge in [0, 0.05) is 5.92 Å². The molecule has 1 rings (SSSR count). The molecule has 0 bridgehead atoms. The first-order chi connectivity index (χ1) is 8.38. The van der Waals surface area contributed by atoms with Crippen molar-refractivity contribution in [2.45, 2.75) is 25.7 Å². The monoisotopic (exact) mass is 286 g/mol. The fourth-order valence-corrected chi connectivity index (χ4v) is 3.34. The molecule has 18 heavy (non-hydrogen) atoms. The number of hydrogen-bond donors (Lipinski definition) is 6. The third kappa shape index (κ3) is 5.09. The quantitative estimate of drug-likeness (QED) is 0.347. The second-order valence-corrected chi connectivity index (χ2v) is 6.52. The number of amidine groups is 2. The van der Waals surface area contributed by atoms with Crippen LogP contribution in [0.2, 0.25) is 0 Å². The van der Waals surface area contributed by atoms with Crippen LogP contribution < -0.4 is 11.5 Å². The zero-order valence-corrected chi connectivity index (χ0v) is 11.6. The average molecular weight is 286 g/mol. The molecule has 0 heterocycles. The molecular formula is C10H18N6S2. The Kier molecular flexibility index (Phi) is 5.67. The van der Waals surface area contributed by atoms with Crippen LogP contribution >= 0.6 is 23.5 Å². The van der Waals surface area contributed by atoms with E-state index < -0.39 is 0 Å². The van der Waals surface area contributed by atoms with Crippen LogP contribution in [0.5, 0.6) is 0 Å². The minimum atomic E-state index is -0.0468. The van der Waals surface area contributed by atoms with E-state index in [-0.39, 0.29) is 16.3 Å². The van der Waals surface area contributed by atoms with Crippen molar-refractivity contribution >= 4 is 43.9 Å². The summed E-state index contributed by atoms with van der Waals surface area (Å²) in [7, 11) is 0. The van der Waals surface area contributed by atoms with Crippen LogP contribution in [-0.4, -0.2) is 20.4 Å². The molecule has 0 spiro atoms. The zero-order chi connectivity index (χ0) is 13.7. The minimum Gasteiger partial charge on any atom is -0.378 e. The van der Waals surface area contributed by atoms with Crippen molar-refractivity contribution in [1.82, 2.24) is 0 Å². The van der Waals surface area contributed by atoms with E-state index in [1.165, 1.54) is 0 Å². The molecule has 1 fully saturated rings. The Morgan fingerprint density at radius 3 is 2.17 bits per heavy atom. The fraction of sp³-hybridized carbons (Fsp3) is 0.600. The van der Waals surface area contributed by atoms with Gasteiger partial charge in [-0.3, -0.25) is 21.6 Å². The highest BCUT2D eigenvalue weighted by atomic mass is 32.2. The van der Waals surface area contributed by atoms with E-state index in [4.69, 9.17) is 33.1 Å². The average Bonchev–Trinajstić information content (AvgIpc) is 2.63. The van der Waals surface area contributed by atoms with E-state index in [1.807, 2.05) is 0 Å². The van der Waals surface area contributed by atoms with Gasteiger partial charge in [0.1, 0.15) is 0 Å². The number of nitrogens with two attached hydrogens (primary N) is 2. The summed E-state index contributed by atoms with van der Waals surface area (Å²) in [5, 5.41) is 30.6. The van der Waals surface area contributed by atoms with E-state index >= 15 is 0 Å². The first-order valence-electron chi connectivity index (χ1n) is 5.58. The molecule has 2 atom stereocenters. The predicted molar refractivity (Wildman–Crippen MR) is 79.9 cm³/mol. The van der Waals surface area contributed by atoms with E-state index in [1.54, 1.807) is 0 Å². The Balaban J connectivity index is 2.37. The molecule has 6 nitrogen and oxygen atoms in total. The van der Waals surface area contributed by atoms with Gasteiger partial charge in [0.2, 0.25) is 0 Å². The Labute approximate surface area is 115 Å². The van der Waals surface area contributed by atoms with Gasteiger partial charge < -0.3 is 11.5 Å². The normalized spacial score (nSPS) is 22.7. The molecule has 1 aliphatic carbocycles. The van der Waals surface area contributed by atoms with Crippen LogP contribution in [0.25, 0.3) is 0 Å². The van der Waals surface area contributed by atoms with Crippen molar-refractivity contribution in [3.05, 3.63) is 0 Å². The predicted octanol–water partition coefficient (Wildman–Crippen LogP) is 2.00. The van der Waals surface area contributed by atoms with Crippen LogP contribution in [0.1, 0.15) is 25.7 Å². The molecule has 0 aromatic rings. The Bertz CT molecular complexity index is 381. The lowest BCUT2D eigenvalue weighted by atomic mass is 10.0. The van der Waals surface area contributed by atoms with Crippen LogP contribution in [0.4, 0.5) is 0 Å². The molecular weight excluding hydrogens is 268 g/mol. The minimum absolute atomic E-state index is 0.0386. The Morgan fingerprint density at radius 1 is 1.00 bits per heavy atom. The molecule has 1 aliphatic rings. The number of hydrogen-bond acceptors (Lipinski definition) is 6. The van der Waals surface area contributed by atoms with Crippen LogP contribution in [0, 0.1) is 33.5 Å². The number of nitrogens with one attached hydrogen (secondary N) is 4. The first-order valence-corrected chi connectivity index (χ1v) is 7.21. The topological polar surface area (TPSA) is 147 Å². The molecule has 0 unspecified atom stereocenters. The van der Waals surface area contributed by atoms with Gasteiger partial charge in [-0.1, -0.05) is 0 Å². The summed E-state index contributed by atoms with van der Waals surface area (Å²) in [4.78, 5) is 0. The maximum atomic E-state index is 7.83. The van der Waals surface area contributed by atoms with Crippen LogP contribution in [0.15, 0.2) is 0 Å². The van der Waals surface area contributed by atoms with E-state index in [0.29, 0.717) is 22.4 Å². The number of rotatable bonds is 3. The molecule has 8 heteroatoms. The largest absolute Gasteiger partial charge is 0.378 e. The maximum absolute atomic E-state index is 7.83. The van der Waals surface area contributed by atoms with Crippen molar-refractivity contribution in [2.75, 3.05) is 0 Å². The highest BCUT2D eigenvalue weighted by Crippen LogP contribution is 2.36. The Hall–Kier alpha value is -1.02. The summed E-state index contributed by atoms with van der Waals surface area (Å²) >= 11 is 2.01. The van der Waals surface area contributed by atoms with E-state index in [9.17, 15) is 0 Å². The molecule has 8 N–H and O–H groups in total. The summed E-state index contributed by atoms with van der Waals surface area (Å²) in [6.45, 7) is 0. The van der Waals surface area contributed by atoms with Gasteiger partial charge in [-0.2, -0.15) is 0 Å². The van der Waals surface area contributed by atoms with E-state index in [0.717, 1.165) is 42.8 Å². The lowest BCUT2D eigenvalue weighted by Gasteiger charge is -2.12. The standard InChI is InChI=1S/C10H18N6S2/c11-7(17-9(13)14)4-5-1-2-6(3-5)8(12)18-10(15)16/h5-6,11-12H,1-4H2,(H3,13,14)(H3,15,16)/t5-,6+/m1/s1. The van der Waals surface area contributed by atoms with Crippen molar-refractivity contribution in [2.24, 2.45) is 23.3 Å². The van der Waals surface area contributed by atoms with Crippen LogP contribution in [-0.2, 0) is 0 Å². The molecule has 0 aromatic heterocycles. The fourth-order valence-electron chi connectivity index (χ4n) is 2.14. The highest BCUT2D eigenvalue weighted by Gasteiger charge is 2.29. The van der Waals surface area contributed by atoms with Crippen LogP contribution in [0.3, 0.4) is 0 Å². The molecule has 0 aromatic carbocycles. The van der Waals surface area contributed by atoms with Gasteiger partial charge in [0.25, 0.3) is 0 Å². The van der Waals surface area contributed by atoms with Gasteiger partial charge in [-0.25, -0.2) is 0 Å². The summed E-state index contributed by atoms with van der Waals surface area (Å²) in [6.07, 6.45) is 3.38. The molecule has 100 valence electrons. The van der Waals surface area contributed by atoms with Gasteiger partial charge in [-0.15, -0.1) is 0 Å². The van der Waals surface area contributed by atoms with Crippen molar-refractivity contribution in [3.63, 3.8) is 0 Å². The second-order valence-electron chi connectivity index (χ2n) is 4.30. The van der Waals surface area contributed by atoms with Crippen molar-refractivity contribution in [1.29, 1.82) is 21.6 Å². The maximum Gasteiger partial charge on any atom is 0.157 e. The smallest absolute Gasteiger partial charge is 0.157 e. The SMILES string of the molecule is N=C(N)SC(=N)C[C@@H]1CC[C@H](C(=N)SC(=N)N)C1. The van der Waals surface area contributed by atoms with Gasteiger partial charge in [0.15, 0.2) is 10.3 Å². The summed E-state index contributed by atoms with van der Waals surface area (Å²) in [5.74, 6) is 0.543. The Morgan fingerprint density at radius 2 is 1.61 bits per heavy atom. The summed E-state index contributed by atoms with van der Waals surface area (Å²) in [6, 6.07) is 0. The van der Waals surface area contributed by atoms with Gasteiger partial charge >= 0.3 is 0 Å². The summed E-state index contributed by atoms with van der Waals surface area (Å²) in [5.41, 5.74) is 10.5. The highest BCUT2D eigenvalue weighted by molar-refractivity contribution is 8.26.